The zero-order valence-electron chi connectivity index (χ0n) is 24.7. The average Bonchev–Trinajstić information content (AvgIpc) is 3.21. The van der Waals surface area contributed by atoms with E-state index in [2.05, 4.69) is 24.5 Å². The molecule has 224 valence electrons. The summed E-state index contributed by atoms with van der Waals surface area (Å²) in [6.07, 6.45) is 7.09. The van der Waals surface area contributed by atoms with Crippen LogP contribution in [0, 0.1) is 35.0 Å². The molecule has 4 amide bonds. The molecule has 1 saturated heterocycles. The normalized spacial score (nSPS) is 28.1. The molecule has 40 heavy (non-hydrogen) atoms. The second-order valence-electron chi connectivity index (χ2n) is 13.6. The van der Waals surface area contributed by atoms with Crippen molar-refractivity contribution < 1.29 is 28.7 Å². The number of hydrogen-bond donors (Lipinski definition) is 3. The third-order valence-electron chi connectivity index (χ3n) is 10.3. The van der Waals surface area contributed by atoms with Gasteiger partial charge in [-0.25, -0.2) is 4.79 Å². The molecule has 1 unspecified atom stereocenters. The number of rotatable bonds is 11. The fraction of sp³-hybridized carbons (Fsp3) is 0.833. The first kappa shape index (κ1) is 30.3. The minimum atomic E-state index is -1.07. The van der Waals surface area contributed by atoms with E-state index in [4.69, 9.17) is 10.5 Å². The van der Waals surface area contributed by atoms with E-state index in [1.165, 1.54) is 0 Å². The first-order valence-electron chi connectivity index (χ1n) is 15.2. The molecular weight excluding hydrogens is 512 g/mol. The first-order valence-corrected chi connectivity index (χ1v) is 15.2. The number of ketones is 1. The summed E-state index contributed by atoms with van der Waals surface area (Å²) in [5.74, 6) is -2.14. The highest BCUT2D eigenvalue weighted by Gasteiger charge is 2.69. The number of amides is 4. The minimum Gasteiger partial charge on any atom is -0.446 e. The van der Waals surface area contributed by atoms with Crippen molar-refractivity contribution in [1.82, 2.24) is 15.5 Å². The van der Waals surface area contributed by atoms with Gasteiger partial charge in [0.2, 0.25) is 17.6 Å². The van der Waals surface area contributed by atoms with Crippen LogP contribution in [0.2, 0.25) is 0 Å². The number of Topliss-reactive ketones (excluding diaryl/α,β-unsaturated/α-hetero) is 1. The van der Waals surface area contributed by atoms with Crippen LogP contribution in [-0.4, -0.2) is 65.3 Å². The van der Waals surface area contributed by atoms with Crippen molar-refractivity contribution in [2.75, 3.05) is 6.54 Å². The van der Waals surface area contributed by atoms with Gasteiger partial charge in [-0.15, -0.1) is 0 Å². The van der Waals surface area contributed by atoms with Gasteiger partial charge in [-0.2, -0.15) is 0 Å². The second-order valence-corrected chi connectivity index (χ2v) is 13.6. The molecule has 3 aliphatic carbocycles. The molecule has 0 aromatic rings. The number of nitrogens with two attached hydrogens (primary N) is 1. The molecule has 10 heteroatoms. The van der Waals surface area contributed by atoms with Crippen molar-refractivity contribution >= 4 is 29.6 Å². The maximum atomic E-state index is 14.2. The summed E-state index contributed by atoms with van der Waals surface area (Å²) in [6.45, 7) is 10.3. The Morgan fingerprint density at radius 3 is 2.15 bits per heavy atom. The summed E-state index contributed by atoms with van der Waals surface area (Å²) in [7, 11) is 0. The van der Waals surface area contributed by atoms with Crippen LogP contribution in [0.1, 0.15) is 92.4 Å². The summed E-state index contributed by atoms with van der Waals surface area (Å²) in [6, 6.07) is -2.57. The number of carbonyl (C=O) groups excluding carboxylic acids is 5. The summed E-state index contributed by atoms with van der Waals surface area (Å²) in [4.78, 5) is 66.9. The monoisotopic (exact) mass is 560 g/mol. The van der Waals surface area contributed by atoms with E-state index in [-0.39, 0.29) is 47.0 Å². The van der Waals surface area contributed by atoms with Crippen molar-refractivity contribution in [2.24, 2.45) is 40.7 Å². The number of piperidine rings is 1. The Labute approximate surface area is 237 Å². The highest BCUT2D eigenvalue weighted by molar-refractivity contribution is 6.37. The fourth-order valence-corrected chi connectivity index (χ4v) is 7.03. The van der Waals surface area contributed by atoms with Gasteiger partial charge in [0.15, 0.2) is 0 Å². The Bertz CT molecular complexity index is 1000. The quantitative estimate of drug-likeness (QED) is 0.331. The molecule has 1 heterocycles. The number of nitrogens with zero attached hydrogens (tertiary/aromatic N) is 1. The van der Waals surface area contributed by atoms with Gasteiger partial charge in [0.1, 0.15) is 18.2 Å². The van der Waals surface area contributed by atoms with E-state index in [0.29, 0.717) is 13.0 Å². The smallest absolute Gasteiger partial charge is 0.408 e. The van der Waals surface area contributed by atoms with E-state index in [1.54, 1.807) is 4.90 Å². The standard InChI is InChI=1S/C30H48N4O6/c1-16(2)17(3)40-29(39)33-23(19-12-7-6-8-13-19)28(38)34-15-20-22(30(20,4)5)24(34)27(37)32-21(25(35)26(31)36)14-18-10-9-11-18/h16-24H,6-15H2,1-5H3,(H2,31,36)(H,32,37)(H,33,39)/t17-,20-,21?,22-,23+,24+/m1/s1. The van der Waals surface area contributed by atoms with Crippen molar-refractivity contribution in [2.45, 2.75) is 117 Å². The summed E-state index contributed by atoms with van der Waals surface area (Å²) in [5, 5.41) is 5.70. The molecule has 0 radical (unpaired) electrons. The number of hydrogen-bond acceptors (Lipinski definition) is 6. The van der Waals surface area contributed by atoms with Crippen molar-refractivity contribution in [3.8, 4) is 0 Å². The lowest BCUT2D eigenvalue weighted by Crippen LogP contribution is -2.59. The number of nitrogens with one attached hydrogen (secondary N) is 2. The van der Waals surface area contributed by atoms with Gasteiger partial charge in [-0.3, -0.25) is 19.2 Å². The minimum absolute atomic E-state index is 0.0420. The van der Waals surface area contributed by atoms with Crippen LogP contribution in [-0.2, 0) is 23.9 Å². The fourth-order valence-electron chi connectivity index (χ4n) is 7.03. The summed E-state index contributed by atoms with van der Waals surface area (Å²) in [5.41, 5.74) is 5.19. The van der Waals surface area contributed by atoms with Crippen molar-refractivity contribution in [3.63, 3.8) is 0 Å². The highest BCUT2D eigenvalue weighted by atomic mass is 16.6. The van der Waals surface area contributed by atoms with E-state index in [0.717, 1.165) is 51.4 Å². The summed E-state index contributed by atoms with van der Waals surface area (Å²) >= 11 is 0. The molecule has 0 bridgehead atoms. The molecule has 4 N–H and O–H groups in total. The van der Waals surface area contributed by atoms with E-state index in [9.17, 15) is 24.0 Å². The number of alkyl carbamates (subject to hydrolysis) is 1. The number of primary amides is 1. The molecule has 4 rings (SSSR count). The van der Waals surface area contributed by atoms with Gasteiger partial charge in [0, 0.05) is 6.54 Å². The zero-order valence-corrected chi connectivity index (χ0v) is 24.7. The maximum absolute atomic E-state index is 14.2. The topological polar surface area (TPSA) is 148 Å². The average molecular weight is 561 g/mol. The Morgan fingerprint density at radius 2 is 1.60 bits per heavy atom. The predicted molar refractivity (Wildman–Crippen MR) is 149 cm³/mol. The van der Waals surface area contributed by atoms with Gasteiger partial charge in [0.05, 0.1) is 6.04 Å². The van der Waals surface area contributed by atoms with Crippen LogP contribution in [0.3, 0.4) is 0 Å². The lowest BCUT2D eigenvalue weighted by molar-refractivity contribution is -0.144. The highest BCUT2D eigenvalue weighted by Crippen LogP contribution is 2.65. The second kappa shape index (κ2) is 12.1. The molecule has 0 spiro atoms. The van der Waals surface area contributed by atoms with E-state index < -0.39 is 41.8 Å². The molecular formula is C30H48N4O6. The van der Waals surface area contributed by atoms with Crippen LogP contribution >= 0.6 is 0 Å². The van der Waals surface area contributed by atoms with Crippen LogP contribution in [0.5, 0.6) is 0 Å². The van der Waals surface area contributed by atoms with Crippen LogP contribution < -0.4 is 16.4 Å². The van der Waals surface area contributed by atoms with Crippen molar-refractivity contribution in [1.29, 1.82) is 0 Å². The third kappa shape index (κ3) is 6.30. The van der Waals surface area contributed by atoms with Gasteiger partial charge >= 0.3 is 6.09 Å². The summed E-state index contributed by atoms with van der Waals surface area (Å²) < 4.78 is 5.56. The number of fused-ring (bicyclic) bond motifs is 1. The Kier molecular flexibility index (Phi) is 9.15. The lowest BCUT2D eigenvalue weighted by atomic mass is 9.80. The predicted octanol–water partition coefficient (Wildman–Crippen LogP) is 2.92. The molecule has 10 nitrogen and oxygen atoms in total. The zero-order chi connectivity index (χ0) is 29.4. The molecule has 4 aliphatic rings. The Morgan fingerprint density at radius 1 is 0.950 bits per heavy atom. The molecule has 4 fully saturated rings. The molecule has 0 aromatic carbocycles. The largest absolute Gasteiger partial charge is 0.446 e. The van der Waals surface area contributed by atoms with Crippen LogP contribution in [0.4, 0.5) is 4.79 Å². The molecule has 6 atom stereocenters. The maximum Gasteiger partial charge on any atom is 0.408 e. The SMILES string of the molecule is CC(C)[C@@H](C)OC(=O)N[C@H](C(=O)N1C[C@@H]2[C@H]([C@H]1C(=O)NC(CC1CCC1)C(=O)C(N)=O)C2(C)C)C1CCCCC1. The first-order chi connectivity index (χ1) is 18.8. The molecule has 0 aromatic heterocycles. The van der Waals surface area contributed by atoms with Gasteiger partial charge < -0.3 is 26.0 Å². The Balaban J connectivity index is 1.54. The third-order valence-corrected chi connectivity index (χ3v) is 10.3. The number of likely N-dealkylation sites (tertiary alicyclic amines) is 1. The van der Waals surface area contributed by atoms with E-state index in [1.807, 2.05) is 20.8 Å². The van der Waals surface area contributed by atoms with Crippen molar-refractivity contribution in [3.05, 3.63) is 0 Å². The molecule has 3 saturated carbocycles. The van der Waals surface area contributed by atoms with E-state index >= 15 is 0 Å². The molecule has 1 aliphatic heterocycles. The lowest BCUT2D eigenvalue weighted by Gasteiger charge is -2.37. The van der Waals surface area contributed by atoms with Crippen LogP contribution in [0.15, 0.2) is 0 Å². The Hall–Kier alpha value is -2.65. The number of carbonyl (C=O) groups is 5. The van der Waals surface area contributed by atoms with Crippen LogP contribution in [0.25, 0.3) is 0 Å². The van der Waals surface area contributed by atoms with Gasteiger partial charge in [0.25, 0.3) is 5.91 Å². The van der Waals surface area contributed by atoms with Gasteiger partial charge in [-0.05, 0) is 61.2 Å². The number of ether oxygens (including phenoxy) is 1. The van der Waals surface area contributed by atoms with Gasteiger partial charge in [-0.1, -0.05) is 66.2 Å².